The fourth-order valence-corrected chi connectivity index (χ4v) is 1.93. The van der Waals surface area contributed by atoms with Gasteiger partial charge in [-0.25, -0.2) is 9.18 Å². The Morgan fingerprint density at radius 3 is 3.00 bits per heavy atom. The van der Waals surface area contributed by atoms with Crippen molar-refractivity contribution in [2.75, 3.05) is 18.9 Å². The van der Waals surface area contributed by atoms with Crippen LogP contribution in [-0.4, -0.2) is 45.2 Å². The fourth-order valence-electron chi connectivity index (χ4n) is 1.93. The van der Waals surface area contributed by atoms with Crippen molar-refractivity contribution in [2.24, 2.45) is 0 Å². The van der Waals surface area contributed by atoms with Gasteiger partial charge in [0.1, 0.15) is 6.10 Å². The molecule has 4 N–H and O–H groups in total. The lowest BCUT2D eigenvalue weighted by Crippen LogP contribution is -2.44. The van der Waals surface area contributed by atoms with Gasteiger partial charge in [0.2, 0.25) is 0 Å². The van der Waals surface area contributed by atoms with Crippen molar-refractivity contribution in [2.45, 2.75) is 24.7 Å². The van der Waals surface area contributed by atoms with Crippen LogP contribution in [0.3, 0.4) is 0 Å². The molecule has 0 amide bonds. The molecule has 1 aromatic rings. The second-order valence-corrected chi connectivity index (χ2v) is 4.18. The number of aromatic nitrogens is 2. The molecule has 3 atom stereocenters. The minimum Gasteiger partial charge on any atom is -0.394 e. The Morgan fingerprint density at radius 1 is 1.67 bits per heavy atom. The average molecular weight is 259 g/mol. The lowest BCUT2D eigenvalue weighted by atomic mass is 10.0. The first-order valence-corrected chi connectivity index (χ1v) is 5.47. The van der Waals surface area contributed by atoms with Crippen LogP contribution >= 0.6 is 0 Å². The zero-order valence-electron chi connectivity index (χ0n) is 9.49. The average Bonchev–Trinajstić information content (AvgIpc) is 2.33. The Hall–Kier alpha value is -1.51. The molecule has 100 valence electrons. The molecule has 1 saturated heterocycles. The van der Waals surface area contributed by atoms with Crippen molar-refractivity contribution in [1.82, 2.24) is 9.55 Å². The molecule has 2 heterocycles. The maximum absolute atomic E-state index is 13.3. The van der Waals surface area contributed by atoms with Gasteiger partial charge in [-0.15, -0.1) is 0 Å². The Kier molecular flexibility index (Phi) is 3.60. The van der Waals surface area contributed by atoms with Gasteiger partial charge in [-0.2, -0.15) is 4.98 Å². The summed E-state index contributed by atoms with van der Waals surface area (Å²) in [5.41, 5.74) is 4.48. The first-order chi connectivity index (χ1) is 8.52. The molecule has 2 rings (SSSR count). The molecule has 0 saturated carbocycles. The van der Waals surface area contributed by atoms with Gasteiger partial charge in [-0.05, 0) is 6.42 Å². The zero-order chi connectivity index (χ0) is 13.3. The van der Waals surface area contributed by atoms with Crippen LogP contribution in [0.5, 0.6) is 0 Å². The minimum absolute atomic E-state index is 0.0905. The number of nitrogens with two attached hydrogens (primary N) is 1. The summed E-state index contributed by atoms with van der Waals surface area (Å²) >= 11 is 0. The quantitative estimate of drug-likeness (QED) is 0.605. The number of rotatable bonds is 2. The molecule has 0 radical (unpaired) electrons. The lowest BCUT2D eigenvalue weighted by molar-refractivity contribution is -0.113. The van der Waals surface area contributed by atoms with E-state index in [1.165, 1.54) is 0 Å². The molecule has 1 aromatic heterocycles. The van der Waals surface area contributed by atoms with Gasteiger partial charge in [0.25, 0.3) is 0 Å². The molecule has 0 aliphatic carbocycles. The zero-order valence-corrected chi connectivity index (χ0v) is 9.49. The third kappa shape index (κ3) is 2.35. The molecule has 8 heteroatoms. The third-order valence-electron chi connectivity index (χ3n) is 2.95. The SMILES string of the molecule is Nc1nc(=O)n([C@@H]2CO[C@@H](CO)[C@@H](O)C2)cc1F. The highest BCUT2D eigenvalue weighted by atomic mass is 19.1. The summed E-state index contributed by atoms with van der Waals surface area (Å²) in [6.07, 6.45) is -0.467. The summed E-state index contributed by atoms with van der Waals surface area (Å²) in [5.74, 6) is -1.25. The van der Waals surface area contributed by atoms with Crippen LogP contribution in [0.25, 0.3) is 0 Å². The molecular weight excluding hydrogens is 245 g/mol. The maximum Gasteiger partial charge on any atom is 0.350 e. The number of anilines is 1. The molecule has 0 unspecified atom stereocenters. The number of ether oxygens (including phenoxy) is 1. The molecule has 7 nitrogen and oxygen atoms in total. The van der Waals surface area contributed by atoms with Gasteiger partial charge in [0.15, 0.2) is 11.6 Å². The van der Waals surface area contributed by atoms with Crippen molar-refractivity contribution in [3.05, 3.63) is 22.5 Å². The smallest absolute Gasteiger partial charge is 0.350 e. The van der Waals surface area contributed by atoms with E-state index in [4.69, 9.17) is 15.6 Å². The van der Waals surface area contributed by atoms with Gasteiger partial charge < -0.3 is 20.7 Å². The van der Waals surface area contributed by atoms with Crippen LogP contribution in [0.1, 0.15) is 12.5 Å². The number of halogens is 1. The van der Waals surface area contributed by atoms with Crippen LogP contribution in [-0.2, 0) is 4.74 Å². The van der Waals surface area contributed by atoms with Crippen LogP contribution in [0, 0.1) is 5.82 Å². The summed E-state index contributed by atoms with van der Waals surface area (Å²) in [5, 5.41) is 18.6. The van der Waals surface area contributed by atoms with Crippen molar-refractivity contribution in [3.8, 4) is 0 Å². The monoisotopic (exact) mass is 259 g/mol. The standard InChI is InChI=1S/C10H14FN3O4/c11-6-2-14(10(17)13-9(6)12)5-1-7(16)8(3-15)18-4-5/h2,5,7-8,15-16H,1,3-4H2,(H2,12,13,17)/t5-,7-,8-/m0/s1. The van der Waals surface area contributed by atoms with E-state index in [2.05, 4.69) is 4.98 Å². The third-order valence-corrected chi connectivity index (χ3v) is 2.95. The van der Waals surface area contributed by atoms with Crippen molar-refractivity contribution >= 4 is 5.82 Å². The topological polar surface area (TPSA) is 111 Å². The van der Waals surface area contributed by atoms with E-state index >= 15 is 0 Å². The predicted octanol–water partition coefficient (Wildman–Crippen LogP) is -1.35. The van der Waals surface area contributed by atoms with E-state index in [9.17, 15) is 14.3 Å². The predicted molar refractivity (Wildman–Crippen MR) is 59.4 cm³/mol. The Bertz CT molecular complexity index is 493. The molecule has 18 heavy (non-hydrogen) atoms. The molecule has 0 bridgehead atoms. The van der Waals surface area contributed by atoms with E-state index in [0.29, 0.717) is 0 Å². The summed E-state index contributed by atoms with van der Waals surface area (Å²) in [7, 11) is 0. The highest BCUT2D eigenvalue weighted by Gasteiger charge is 2.31. The molecular formula is C10H14FN3O4. The maximum atomic E-state index is 13.3. The van der Waals surface area contributed by atoms with E-state index < -0.39 is 35.6 Å². The normalized spacial score (nSPS) is 28.3. The molecule has 1 aliphatic rings. The van der Waals surface area contributed by atoms with E-state index in [1.54, 1.807) is 0 Å². The van der Waals surface area contributed by atoms with Gasteiger partial charge in [-0.1, -0.05) is 0 Å². The number of aliphatic hydroxyl groups excluding tert-OH is 2. The molecule has 1 fully saturated rings. The number of hydrogen-bond donors (Lipinski definition) is 3. The van der Waals surface area contributed by atoms with Crippen LogP contribution in [0.4, 0.5) is 10.2 Å². The largest absolute Gasteiger partial charge is 0.394 e. The van der Waals surface area contributed by atoms with Gasteiger partial charge >= 0.3 is 5.69 Å². The number of nitrogens with zero attached hydrogens (tertiary/aromatic N) is 2. The fraction of sp³-hybridized carbons (Fsp3) is 0.600. The lowest BCUT2D eigenvalue weighted by Gasteiger charge is -2.33. The van der Waals surface area contributed by atoms with E-state index in [-0.39, 0.29) is 19.6 Å². The second-order valence-electron chi connectivity index (χ2n) is 4.18. The molecule has 1 aliphatic heterocycles. The highest BCUT2D eigenvalue weighted by Crippen LogP contribution is 2.22. The van der Waals surface area contributed by atoms with E-state index in [1.807, 2.05) is 0 Å². The van der Waals surface area contributed by atoms with Gasteiger partial charge in [0, 0.05) is 6.20 Å². The minimum atomic E-state index is -0.915. The number of nitrogen functional groups attached to an aromatic ring is 1. The van der Waals surface area contributed by atoms with Crippen LogP contribution < -0.4 is 11.4 Å². The van der Waals surface area contributed by atoms with Crippen LogP contribution in [0.15, 0.2) is 11.0 Å². The van der Waals surface area contributed by atoms with Crippen LogP contribution in [0.2, 0.25) is 0 Å². The van der Waals surface area contributed by atoms with Crippen molar-refractivity contribution < 1.29 is 19.3 Å². The first-order valence-electron chi connectivity index (χ1n) is 5.47. The second kappa shape index (κ2) is 5.01. The van der Waals surface area contributed by atoms with Gasteiger partial charge in [0.05, 0.1) is 25.4 Å². The summed E-state index contributed by atoms with van der Waals surface area (Å²) in [4.78, 5) is 14.9. The van der Waals surface area contributed by atoms with Crippen molar-refractivity contribution in [3.63, 3.8) is 0 Å². The Balaban J connectivity index is 2.23. The Labute approximate surface area is 102 Å². The number of aliphatic hydroxyl groups is 2. The molecule has 0 aromatic carbocycles. The highest BCUT2D eigenvalue weighted by molar-refractivity contribution is 5.26. The summed E-state index contributed by atoms with van der Waals surface area (Å²) < 4.78 is 19.5. The number of hydrogen-bond acceptors (Lipinski definition) is 6. The summed E-state index contributed by atoms with van der Waals surface area (Å²) in [6, 6.07) is -0.530. The Morgan fingerprint density at radius 2 is 2.39 bits per heavy atom. The van der Waals surface area contributed by atoms with E-state index in [0.717, 1.165) is 10.8 Å². The van der Waals surface area contributed by atoms with Crippen molar-refractivity contribution in [1.29, 1.82) is 0 Å². The first kappa shape index (κ1) is 12.9. The van der Waals surface area contributed by atoms with Gasteiger partial charge in [-0.3, -0.25) is 4.57 Å². The molecule has 0 spiro atoms. The summed E-state index contributed by atoms with van der Waals surface area (Å²) in [6.45, 7) is -0.218.